The summed E-state index contributed by atoms with van der Waals surface area (Å²) < 4.78 is 5.95. The quantitative estimate of drug-likeness (QED) is 0.724. The third-order valence-corrected chi connectivity index (χ3v) is 7.78. The van der Waals surface area contributed by atoms with Gasteiger partial charge in [0.25, 0.3) is 11.8 Å². The van der Waals surface area contributed by atoms with Crippen molar-refractivity contribution in [1.82, 2.24) is 9.80 Å². The smallest absolute Gasteiger partial charge is 0.254 e. The van der Waals surface area contributed by atoms with E-state index in [4.69, 9.17) is 4.74 Å². The molecular weight excluding hydrogens is 388 g/mol. The predicted molar refractivity (Wildman–Crippen MR) is 117 cm³/mol. The van der Waals surface area contributed by atoms with Crippen molar-refractivity contribution in [2.75, 3.05) is 13.1 Å². The van der Waals surface area contributed by atoms with Crippen LogP contribution in [0.25, 0.3) is 0 Å². The molecule has 2 heterocycles. The van der Waals surface area contributed by atoms with Gasteiger partial charge in [0.05, 0.1) is 0 Å². The molecule has 2 aliphatic carbocycles. The Morgan fingerprint density at radius 2 is 1.06 bits per heavy atom. The molecule has 2 aromatic carbocycles. The number of piperidine rings is 2. The first-order valence-electron chi connectivity index (χ1n) is 11.6. The van der Waals surface area contributed by atoms with Crippen LogP contribution in [0.1, 0.15) is 59.2 Å². The van der Waals surface area contributed by atoms with Gasteiger partial charge >= 0.3 is 0 Å². The van der Waals surface area contributed by atoms with Gasteiger partial charge in [0.15, 0.2) is 0 Å². The highest BCUT2D eigenvalue weighted by atomic mass is 16.5. The maximum Gasteiger partial charge on any atom is 0.254 e. The number of nitrogens with zero attached hydrogens (tertiary/aromatic N) is 2. The number of hydrogen-bond acceptors (Lipinski definition) is 3. The molecule has 4 aliphatic rings. The minimum Gasteiger partial charge on any atom is -0.457 e. The van der Waals surface area contributed by atoms with Crippen LogP contribution in [0, 0.1) is 11.8 Å². The molecular formula is C26H28N2O3. The first-order chi connectivity index (χ1) is 15.1. The topological polar surface area (TPSA) is 49.9 Å². The third-order valence-electron chi connectivity index (χ3n) is 7.78. The Bertz CT molecular complexity index is 919. The number of amides is 2. The second kappa shape index (κ2) is 7.40. The highest BCUT2D eigenvalue weighted by molar-refractivity contribution is 5.95. The number of carbonyl (C=O) groups is 2. The molecule has 31 heavy (non-hydrogen) atoms. The lowest BCUT2D eigenvalue weighted by Gasteiger charge is -2.27. The Labute approximate surface area is 183 Å². The summed E-state index contributed by atoms with van der Waals surface area (Å²) >= 11 is 0. The number of hydrogen-bond donors (Lipinski definition) is 0. The number of rotatable bonds is 4. The van der Waals surface area contributed by atoms with Gasteiger partial charge in [-0.05, 0) is 98.9 Å². The fourth-order valence-electron chi connectivity index (χ4n) is 6.15. The first-order valence-corrected chi connectivity index (χ1v) is 11.6. The van der Waals surface area contributed by atoms with Crippen molar-refractivity contribution in [3.05, 3.63) is 59.7 Å². The van der Waals surface area contributed by atoms with Crippen LogP contribution in [0.3, 0.4) is 0 Å². The highest BCUT2D eigenvalue weighted by Crippen LogP contribution is 2.39. The zero-order valence-corrected chi connectivity index (χ0v) is 17.7. The van der Waals surface area contributed by atoms with Crippen molar-refractivity contribution >= 4 is 11.8 Å². The fraction of sp³-hybridized carbons (Fsp3) is 0.462. The number of ether oxygens (including phenoxy) is 1. The minimum atomic E-state index is 0.136. The lowest BCUT2D eigenvalue weighted by molar-refractivity contribution is 0.0696. The van der Waals surface area contributed by atoms with Gasteiger partial charge in [-0.1, -0.05) is 0 Å². The average Bonchev–Trinajstić information content (AvgIpc) is 3.61. The molecule has 0 aromatic heterocycles. The molecule has 6 rings (SSSR count). The summed E-state index contributed by atoms with van der Waals surface area (Å²) in [6.07, 6.45) is 7.18. The van der Waals surface area contributed by atoms with Crippen LogP contribution in [-0.2, 0) is 0 Å². The standard InChI is InChI=1S/C26H28N2O3/c29-25(27-15-17-1-7-21(27)13-17)19-3-9-23(10-4-19)31-24-11-5-20(6-12-24)26(30)28-16-18-2-8-22(28)14-18/h3-6,9-12,17-18,21-22H,1-2,7-8,13-16H2. The van der Waals surface area contributed by atoms with E-state index >= 15 is 0 Å². The molecule has 4 atom stereocenters. The minimum absolute atomic E-state index is 0.136. The van der Waals surface area contributed by atoms with Crippen LogP contribution in [0.2, 0.25) is 0 Å². The monoisotopic (exact) mass is 416 g/mol. The Morgan fingerprint density at radius 1 is 0.645 bits per heavy atom. The summed E-state index contributed by atoms with van der Waals surface area (Å²) in [5.74, 6) is 3.05. The predicted octanol–water partition coefficient (Wildman–Crippen LogP) is 4.73. The molecule has 0 spiro atoms. The van der Waals surface area contributed by atoms with Crippen molar-refractivity contribution in [2.24, 2.45) is 11.8 Å². The summed E-state index contributed by atoms with van der Waals surface area (Å²) in [7, 11) is 0. The molecule has 2 saturated heterocycles. The van der Waals surface area contributed by atoms with E-state index in [0.29, 0.717) is 35.4 Å². The molecule has 5 nitrogen and oxygen atoms in total. The molecule has 0 radical (unpaired) electrons. The van der Waals surface area contributed by atoms with E-state index in [-0.39, 0.29) is 11.8 Å². The van der Waals surface area contributed by atoms with Crippen LogP contribution >= 0.6 is 0 Å². The Hall–Kier alpha value is -2.82. The van der Waals surface area contributed by atoms with E-state index < -0.39 is 0 Å². The Morgan fingerprint density at radius 3 is 1.39 bits per heavy atom. The van der Waals surface area contributed by atoms with Crippen molar-refractivity contribution in [2.45, 2.75) is 50.6 Å². The Kier molecular flexibility index (Phi) is 4.51. The van der Waals surface area contributed by atoms with E-state index in [1.54, 1.807) is 0 Å². The van der Waals surface area contributed by atoms with E-state index in [2.05, 4.69) is 0 Å². The summed E-state index contributed by atoms with van der Waals surface area (Å²) in [6.45, 7) is 1.82. The van der Waals surface area contributed by atoms with Crippen molar-refractivity contribution in [3.8, 4) is 11.5 Å². The number of fused-ring (bicyclic) bond motifs is 4. The second-order valence-electron chi connectivity index (χ2n) is 9.73. The molecule has 5 heteroatoms. The molecule has 4 fully saturated rings. The Balaban J connectivity index is 1.09. The van der Waals surface area contributed by atoms with Gasteiger partial charge in [-0.15, -0.1) is 0 Å². The largest absolute Gasteiger partial charge is 0.457 e. The van der Waals surface area contributed by atoms with Crippen LogP contribution in [0.5, 0.6) is 11.5 Å². The zero-order valence-electron chi connectivity index (χ0n) is 17.7. The van der Waals surface area contributed by atoms with Crippen molar-refractivity contribution in [3.63, 3.8) is 0 Å². The maximum atomic E-state index is 12.8. The SMILES string of the molecule is O=C(c1ccc(Oc2ccc(C(=O)N3CC4CCC3C4)cc2)cc1)N1CC2CCC1C2. The van der Waals surface area contributed by atoms with Gasteiger partial charge in [0, 0.05) is 36.3 Å². The second-order valence-corrected chi connectivity index (χ2v) is 9.73. The van der Waals surface area contributed by atoms with E-state index in [1.165, 1.54) is 25.7 Å². The molecule has 2 saturated carbocycles. The van der Waals surface area contributed by atoms with Gasteiger partial charge in [-0.2, -0.15) is 0 Å². The van der Waals surface area contributed by atoms with E-state index in [0.717, 1.165) is 37.1 Å². The van der Waals surface area contributed by atoms with Gasteiger partial charge in [-0.25, -0.2) is 0 Å². The van der Waals surface area contributed by atoms with Crippen LogP contribution in [0.15, 0.2) is 48.5 Å². The first kappa shape index (κ1) is 18.9. The van der Waals surface area contributed by atoms with Gasteiger partial charge in [0.1, 0.15) is 11.5 Å². The number of carbonyl (C=O) groups excluding carboxylic acids is 2. The number of likely N-dealkylation sites (tertiary alicyclic amines) is 2. The average molecular weight is 417 g/mol. The molecule has 4 bridgehead atoms. The zero-order chi connectivity index (χ0) is 20.9. The van der Waals surface area contributed by atoms with E-state index in [9.17, 15) is 9.59 Å². The molecule has 2 aliphatic heterocycles. The fourth-order valence-corrected chi connectivity index (χ4v) is 6.15. The maximum absolute atomic E-state index is 12.8. The van der Waals surface area contributed by atoms with Gasteiger partial charge in [-0.3, -0.25) is 9.59 Å². The molecule has 2 amide bonds. The molecule has 2 aromatic rings. The lowest BCUT2D eigenvalue weighted by atomic mass is 10.1. The summed E-state index contributed by atoms with van der Waals surface area (Å²) in [6, 6.07) is 15.7. The van der Waals surface area contributed by atoms with Crippen LogP contribution < -0.4 is 4.74 Å². The molecule has 0 N–H and O–H groups in total. The van der Waals surface area contributed by atoms with Gasteiger partial charge in [0.2, 0.25) is 0 Å². The third kappa shape index (κ3) is 3.40. The van der Waals surface area contributed by atoms with Crippen LogP contribution in [-0.4, -0.2) is 46.8 Å². The summed E-state index contributed by atoms with van der Waals surface area (Å²) in [5.41, 5.74) is 1.45. The molecule has 4 unspecified atom stereocenters. The normalized spacial score (nSPS) is 28.4. The highest BCUT2D eigenvalue weighted by Gasteiger charge is 2.41. The van der Waals surface area contributed by atoms with E-state index in [1.807, 2.05) is 58.3 Å². The summed E-state index contributed by atoms with van der Waals surface area (Å²) in [4.78, 5) is 29.7. The lowest BCUT2D eigenvalue weighted by Crippen LogP contribution is -2.37. The molecule has 160 valence electrons. The van der Waals surface area contributed by atoms with Crippen molar-refractivity contribution in [1.29, 1.82) is 0 Å². The van der Waals surface area contributed by atoms with Gasteiger partial charge < -0.3 is 14.5 Å². The number of benzene rings is 2. The van der Waals surface area contributed by atoms with Crippen LogP contribution in [0.4, 0.5) is 0 Å². The summed E-state index contributed by atoms with van der Waals surface area (Å²) in [5, 5.41) is 0. The van der Waals surface area contributed by atoms with Crippen molar-refractivity contribution < 1.29 is 14.3 Å².